The highest BCUT2D eigenvalue weighted by Gasteiger charge is 2.38. The van der Waals surface area contributed by atoms with E-state index in [1.807, 2.05) is 4.90 Å². The van der Waals surface area contributed by atoms with Gasteiger partial charge in [-0.2, -0.15) is 13.2 Å². The van der Waals surface area contributed by atoms with Crippen LogP contribution in [0.3, 0.4) is 0 Å². The van der Waals surface area contributed by atoms with Crippen LogP contribution in [0.25, 0.3) is 0 Å². The molecule has 3 heterocycles. The van der Waals surface area contributed by atoms with E-state index in [0.29, 0.717) is 25.9 Å². The highest BCUT2D eigenvalue weighted by Crippen LogP contribution is 2.32. The molecule has 1 N–H and O–H groups in total. The zero-order chi connectivity index (χ0) is 22.6. The van der Waals surface area contributed by atoms with Crippen molar-refractivity contribution in [1.82, 2.24) is 14.9 Å². The van der Waals surface area contributed by atoms with Crippen molar-refractivity contribution in [3.05, 3.63) is 17.6 Å². The fourth-order valence-electron chi connectivity index (χ4n) is 3.79. The highest BCUT2D eigenvalue weighted by molar-refractivity contribution is 5.80. The molecule has 0 radical (unpaired) electrons. The first-order chi connectivity index (χ1) is 14.7. The summed E-state index contributed by atoms with van der Waals surface area (Å²) in [5.74, 6) is -1.78. The SMILES string of the molecule is O=C(C1CC(F)C1)N1CCc2ncnc(N3CCOCC3)c2CC1.O=C(O)C(F)(F)F. The number of amides is 1. The van der Waals surface area contributed by atoms with Crippen LogP contribution in [0.1, 0.15) is 24.1 Å². The molecule has 3 aliphatic rings. The van der Waals surface area contributed by atoms with Gasteiger partial charge in [-0.25, -0.2) is 19.2 Å². The van der Waals surface area contributed by atoms with Crippen molar-refractivity contribution in [2.75, 3.05) is 44.3 Å². The van der Waals surface area contributed by atoms with E-state index < -0.39 is 18.3 Å². The normalized spacial score (nSPS) is 23.6. The van der Waals surface area contributed by atoms with Crippen LogP contribution in [0.4, 0.5) is 23.4 Å². The lowest BCUT2D eigenvalue weighted by Gasteiger charge is -2.33. The second-order valence-corrected chi connectivity index (χ2v) is 7.62. The van der Waals surface area contributed by atoms with Crippen LogP contribution in [0.5, 0.6) is 0 Å². The molecular formula is C19H24F4N4O4. The van der Waals surface area contributed by atoms with Gasteiger partial charge in [-0.1, -0.05) is 0 Å². The molecule has 31 heavy (non-hydrogen) atoms. The molecule has 1 amide bonds. The second-order valence-electron chi connectivity index (χ2n) is 7.62. The number of anilines is 1. The summed E-state index contributed by atoms with van der Waals surface area (Å²) in [4.78, 5) is 34.5. The fourth-order valence-corrected chi connectivity index (χ4v) is 3.79. The molecule has 0 unspecified atom stereocenters. The Hall–Kier alpha value is -2.50. The number of ether oxygens (including phenoxy) is 1. The van der Waals surface area contributed by atoms with Crippen molar-refractivity contribution in [3.63, 3.8) is 0 Å². The molecular weight excluding hydrogens is 424 g/mol. The van der Waals surface area contributed by atoms with Gasteiger partial charge >= 0.3 is 12.1 Å². The first-order valence-electron chi connectivity index (χ1n) is 10.0. The van der Waals surface area contributed by atoms with Crippen LogP contribution >= 0.6 is 0 Å². The minimum atomic E-state index is -5.08. The van der Waals surface area contributed by atoms with E-state index in [2.05, 4.69) is 14.9 Å². The average Bonchev–Trinajstić information content (AvgIpc) is 2.94. The minimum Gasteiger partial charge on any atom is -0.475 e. The van der Waals surface area contributed by atoms with Gasteiger partial charge in [0.15, 0.2) is 0 Å². The quantitative estimate of drug-likeness (QED) is 0.687. The van der Waals surface area contributed by atoms with Crippen LogP contribution in [0.2, 0.25) is 0 Å². The molecule has 1 saturated heterocycles. The molecule has 2 fully saturated rings. The molecule has 0 bridgehead atoms. The Labute approximate surface area is 176 Å². The van der Waals surface area contributed by atoms with Gasteiger partial charge in [0.2, 0.25) is 5.91 Å². The van der Waals surface area contributed by atoms with Crippen molar-refractivity contribution in [1.29, 1.82) is 0 Å². The number of hydrogen-bond donors (Lipinski definition) is 1. The molecule has 0 aromatic carbocycles. The summed E-state index contributed by atoms with van der Waals surface area (Å²) in [6.45, 7) is 4.45. The number of aliphatic carboxylic acids is 1. The Bertz CT molecular complexity index is 796. The van der Waals surface area contributed by atoms with Crippen LogP contribution in [-0.4, -0.2) is 83.6 Å². The lowest BCUT2D eigenvalue weighted by molar-refractivity contribution is -0.192. The number of carbonyl (C=O) groups is 2. The number of alkyl halides is 4. The third-order valence-corrected chi connectivity index (χ3v) is 5.56. The molecule has 0 atom stereocenters. The maximum atomic E-state index is 13.0. The second kappa shape index (κ2) is 9.75. The molecule has 2 aliphatic heterocycles. The van der Waals surface area contributed by atoms with Crippen molar-refractivity contribution >= 4 is 17.7 Å². The summed E-state index contributed by atoms with van der Waals surface area (Å²) in [6, 6.07) is 0. The van der Waals surface area contributed by atoms with Crippen molar-refractivity contribution in [2.24, 2.45) is 5.92 Å². The molecule has 1 aliphatic carbocycles. The van der Waals surface area contributed by atoms with Gasteiger partial charge in [0.1, 0.15) is 18.3 Å². The van der Waals surface area contributed by atoms with Crippen molar-refractivity contribution < 1.29 is 37.0 Å². The third-order valence-electron chi connectivity index (χ3n) is 5.56. The van der Waals surface area contributed by atoms with Gasteiger partial charge in [-0.05, 0) is 19.3 Å². The Balaban J connectivity index is 0.000000339. The monoisotopic (exact) mass is 448 g/mol. The number of morpholine rings is 1. The molecule has 172 valence electrons. The molecule has 12 heteroatoms. The predicted molar refractivity (Wildman–Crippen MR) is 100 cm³/mol. The Kier molecular flexibility index (Phi) is 7.29. The molecule has 4 rings (SSSR count). The van der Waals surface area contributed by atoms with Crippen LogP contribution < -0.4 is 4.90 Å². The Morgan fingerprint density at radius 3 is 2.26 bits per heavy atom. The van der Waals surface area contributed by atoms with Crippen LogP contribution in [0.15, 0.2) is 6.33 Å². The largest absolute Gasteiger partial charge is 0.490 e. The fraction of sp³-hybridized carbons (Fsp3) is 0.684. The lowest BCUT2D eigenvalue weighted by atomic mass is 9.82. The topological polar surface area (TPSA) is 95.9 Å². The first kappa shape index (κ1) is 23.2. The number of nitrogens with zero attached hydrogens (tertiary/aromatic N) is 4. The summed E-state index contributed by atoms with van der Waals surface area (Å²) in [5.41, 5.74) is 2.20. The van der Waals surface area contributed by atoms with Gasteiger partial charge in [0.25, 0.3) is 0 Å². The van der Waals surface area contributed by atoms with Gasteiger partial charge in [-0.15, -0.1) is 0 Å². The summed E-state index contributed by atoms with van der Waals surface area (Å²) in [5, 5.41) is 7.12. The summed E-state index contributed by atoms with van der Waals surface area (Å²) in [7, 11) is 0. The highest BCUT2D eigenvalue weighted by atomic mass is 19.4. The van der Waals surface area contributed by atoms with E-state index in [1.54, 1.807) is 6.33 Å². The Morgan fingerprint density at radius 2 is 1.68 bits per heavy atom. The number of fused-ring (bicyclic) bond motifs is 1. The minimum absolute atomic E-state index is 0.109. The Morgan fingerprint density at radius 1 is 1.06 bits per heavy atom. The standard InChI is InChI=1S/C17H23FN4O2.C2HF3O2/c18-13-9-12(10-13)17(23)22-3-1-14-15(2-4-22)19-11-20-16(14)21-5-7-24-8-6-21;3-2(4,5)1(6)7/h11-13H,1-10H2;(H,6,7). The molecule has 1 aromatic heterocycles. The van der Waals surface area contributed by atoms with Gasteiger partial charge in [-0.3, -0.25) is 4.79 Å². The van der Waals surface area contributed by atoms with E-state index in [-0.39, 0.29) is 11.8 Å². The maximum absolute atomic E-state index is 13.0. The first-order valence-corrected chi connectivity index (χ1v) is 10.0. The number of halogens is 4. The van der Waals surface area contributed by atoms with Crippen LogP contribution in [-0.2, 0) is 27.2 Å². The summed E-state index contributed by atoms with van der Waals surface area (Å²) >= 11 is 0. The van der Waals surface area contributed by atoms with E-state index in [1.165, 1.54) is 0 Å². The lowest BCUT2D eigenvalue weighted by Crippen LogP contribution is -2.43. The number of carboxylic acid groups (broad SMARTS) is 1. The average molecular weight is 448 g/mol. The molecule has 1 aromatic rings. The number of carboxylic acids is 1. The van der Waals surface area contributed by atoms with Crippen molar-refractivity contribution in [2.45, 2.75) is 38.0 Å². The van der Waals surface area contributed by atoms with Crippen LogP contribution in [0, 0.1) is 5.92 Å². The van der Waals surface area contributed by atoms with Crippen molar-refractivity contribution in [3.8, 4) is 0 Å². The summed E-state index contributed by atoms with van der Waals surface area (Å²) < 4.78 is 50.2. The van der Waals surface area contributed by atoms with E-state index in [0.717, 1.165) is 56.2 Å². The number of carbonyl (C=O) groups excluding carboxylic acids is 1. The van der Waals surface area contributed by atoms with E-state index in [9.17, 15) is 22.4 Å². The summed E-state index contributed by atoms with van der Waals surface area (Å²) in [6.07, 6.45) is -1.96. The molecule has 0 spiro atoms. The number of aromatic nitrogens is 2. The van der Waals surface area contributed by atoms with E-state index >= 15 is 0 Å². The number of hydrogen-bond acceptors (Lipinski definition) is 6. The zero-order valence-corrected chi connectivity index (χ0v) is 16.8. The molecule has 1 saturated carbocycles. The smallest absolute Gasteiger partial charge is 0.475 e. The predicted octanol–water partition coefficient (Wildman–Crippen LogP) is 1.62. The third kappa shape index (κ3) is 5.81. The van der Waals surface area contributed by atoms with Gasteiger partial charge in [0, 0.05) is 44.1 Å². The van der Waals surface area contributed by atoms with E-state index in [4.69, 9.17) is 14.6 Å². The number of rotatable bonds is 2. The zero-order valence-electron chi connectivity index (χ0n) is 16.8. The molecule has 8 nitrogen and oxygen atoms in total. The van der Waals surface area contributed by atoms with Gasteiger partial charge < -0.3 is 19.6 Å². The van der Waals surface area contributed by atoms with Gasteiger partial charge in [0.05, 0.1) is 18.9 Å². The maximum Gasteiger partial charge on any atom is 0.490 e.